The number of amides is 1. The molecule has 1 aromatic rings. The predicted molar refractivity (Wildman–Crippen MR) is 153 cm³/mol. The van der Waals surface area contributed by atoms with E-state index in [0.717, 1.165) is 12.8 Å². The van der Waals surface area contributed by atoms with Crippen LogP contribution in [0.4, 0.5) is 0 Å². The molecule has 0 aromatic heterocycles. The minimum atomic E-state index is -2.67. The van der Waals surface area contributed by atoms with Gasteiger partial charge in [0.2, 0.25) is 5.78 Å². The fourth-order valence-corrected chi connectivity index (χ4v) is 7.62. The summed E-state index contributed by atoms with van der Waals surface area (Å²) in [7, 11) is 4.63. The van der Waals surface area contributed by atoms with Crippen molar-refractivity contribution in [3.8, 4) is 11.5 Å². The largest absolute Gasteiger partial charge is 0.508 e. The summed E-state index contributed by atoms with van der Waals surface area (Å²) in [5, 5.41) is 48.6. The number of aliphatic hydroxyl groups is 3. The summed E-state index contributed by atoms with van der Waals surface area (Å²) >= 11 is 0. The van der Waals surface area contributed by atoms with Gasteiger partial charge in [-0.1, -0.05) is 0 Å². The van der Waals surface area contributed by atoms with E-state index in [1.807, 2.05) is 0 Å². The molecule has 12 heteroatoms. The summed E-state index contributed by atoms with van der Waals surface area (Å²) < 4.78 is 5.78. The number of nitrogens with one attached hydrogen (secondary N) is 1. The number of likely N-dealkylation sites (N-methyl/N-ethyl adjacent to an activating group) is 1. The number of primary amides is 1. The highest BCUT2D eigenvalue weighted by molar-refractivity contribution is 6.24. The Morgan fingerprint density at radius 3 is 2.40 bits per heavy atom. The molecule has 0 radical (unpaired) electrons. The molecule has 4 aliphatic rings. The molecule has 1 saturated carbocycles. The van der Waals surface area contributed by atoms with Crippen molar-refractivity contribution in [1.29, 1.82) is 0 Å². The number of phenolic OH excluding ortho intramolecular Hbond substituents is 1. The smallest absolute Gasteiger partial charge is 0.255 e. The van der Waals surface area contributed by atoms with Crippen LogP contribution in [0.3, 0.4) is 0 Å². The monoisotopic (exact) mass is 584 g/mol. The molecule has 42 heavy (non-hydrogen) atoms. The van der Waals surface area contributed by atoms with E-state index in [1.54, 1.807) is 14.1 Å². The van der Waals surface area contributed by atoms with Crippen LogP contribution in [0.2, 0.25) is 0 Å². The Balaban J connectivity index is 1.56. The number of hydrogen-bond acceptors (Lipinski definition) is 11. The van der Waals surface area contributed by atoms with Crippen LogP contribution in [0.25, 0.3) is 5.76 Å². The van der Waals surface area contributed by atoms with Crippen LogP contribution in [-0.4, -0.2) is 99.3 Å². The van der Waals surface area contributed by atoms with Gasteiger partial charge in [-0.3, -0.25) is 24.2 Å². The molecule has 7 N–H and O–H groups in total. The molecule has 12 nitrogen and oxygen atoms in total. The van der Waals surface area contributed by atoms with Crippen molar-refractivity contribution < 1.29 is 39.5 Å². The first-order valence-electron chi connectivity index (χ1n) is 14.3. The third-order valence-electron chi connectivity index (χ3n) is 9.70. The van der Waals surface area contributed by atoms with Gasteiger partial charge in [0, 0.05) is 47.9 Å². The lowest BCUT2D eigenvalue weighted by Crippen LogP contribution is -2.65. The van der Waals surface area contributed by atoms with Crippen LogP contribution >= 0.6 is 0 Å². The van der Waals surface area contributed by atoms with Crippen LogP contribution in [0, 0.1) is 11.8 Å². The fourth-order valence-electron chi connectivity index (χ4n) is 7.62. The molecule has 5 rings (SSSR count). The lowest BCUT2D eigenvalue weighted by Gasteiger charge is -2.50. The third kappa shape index (κ3) is 4.31. The number of Topliss-reactive ketones (excluding diaryl/α,β-unsaturated/α-hetero) is 2. The highest BCUT2D eigenvalue weighted by atomic mass is 16.5. The first kappa shape index (κ1) is 30.0. The summed E-state index contributed by atoms with van der Waals surface area (Å²) in [6.07, 6.45) is 2.45. The Bertz CT molecular complexity index is 1410. The molecule has 6 atom stereocenters. The number of fused-ring (bicyclic) bond motifs is 3. The average molecular weight is 585 g/mol. The van der Waals surface area contributed by atoms with E-state index in [1.165, 1.54) is 18.1 Å². The maximum atomic E-state index is 14.0. The normalized spacial score (nSPS) is 31.4. The van der Waals surface area contributed by atoms with Gasteiger partial charge in [-0.05, 0) is 65.6 Å². The second kappa shape index (κ2) is 10.7. The predicted octanol–water partition coefficient (Wildman–Crippen LogP) is 0.893. The highest BCUT2D eigenvalue weighted by Crippen LogP contribution is 2.54. The summed E-state index contributed by atoms with van der Waals surface area (Å²) in [6, 6.07) is 1.26. The minimum Gasteiger partial charge on any atom is -0.508 e. The number of aromatic hydroxyl groups is 1. The molecule has 1 aliphatic heterocycles. The van der Waals surface area contributed by atoms with Crippen molar-refractivity contribution in [2.75, 3.05) is 27.9 Å². The summed E-state index contributed by atoms with van der Waals surface area (Å²) in [6.45, 7) is 5.43. The maximum absolute atomic E-state index is 14.0. The van der Waals surface area contributed by atoms with Crippen LogP contribution in [0.15, 0.2) is 23.0 Å². The van der Waals surface area contributed by atoms with Gasteiger partial charge in [0.05, 0.1) is 18.7 Å². The average Bonchev–Trinajstić information content (AvgIpc) is 3.22. The molecule has 1 amide bonds. The van der Waals surface area contributed by atoms with E-state index >= 15 is 0 Å². The van der Waals surface area contributed by atoms with E-state index in [9.17, 15) is 34.8 Å². The molecule has 1 heterocycles. The lowest BCUT2D eigenvalue weighted by atomic mass is 9.57. The van der Waals surface area contributed by atoms with Gasteiger partial charge in [0.1, 0.15) is 28.6 Å². The second-order valence-corrected chi connectivity index (χ2v) is 12.3. The number of benzene rings is 1. The zero-order valence-electron chi connectivity index (χ0n) is 24.6. The molecular weight excluding hydrogens is 544 g/mol. The van der Waals surface area contributed by atoms with Crippen molar-refractivity contribution in [3.05, 3.63) is 39.7 Å². The summed E-state index contributed by atoms with van der Waals surface area (Å²) in [5.41, 5.74) is 2.86. The minimum absolute atomic E-state index is 0.00803. The van der Waals surface area contributed by atoms with Gasteiger partial charge in [-0.25, -0.2) is 0 Å². The van der Waals surface area contributed by atoms with E-state index < -0.39 is 58.0 Å². The number of nitrogens with zero attached hydrogens (tertiary/aromatic N) is 2. The van der Waals surface area contributed by atoms with Crippen molar-refractivity contribution >= 4 is 23.2 Å². The Morgan fingerprint density at radius 1 is 1.19 bits per heavy atom. The first-order valence-corrected chi connectivity index (χ1v) is 14.3. The van der Waals surface area contributed by atoms with Crippen molar-refractivity contribution in [2.24, 2.45) is 17.6 Å². The third-order valence-corrected chi connectivity index (χ3v) is 9.70. The Morgan fingerprint density at radius 2 is 1.83 bits per heavy atom. The van der Waals surface area contributed by atoms with Gasteiger partial charge in [0.15, 0.2) is 11.4 Å². The molecule has 1 saturated heterocycles. The number of phenols is 1. The number of carbonyl (C=O) groups excluding carboxylic acids is 3. The number of rotatable bonds is 7. The Hall–Kier alpha value is -3.45. The van der Waals surface area contributed by atoms with Gasteiger partial charge in [0.25, 0.3) is 5.91 Å². The van der Waals surface area contributed by atoms with Crippen molar-refractivity contribution in [3.63, 3.8) is 0 Å². The molecule has 0 unspecified atom stereocenters. The lowest BCUT2D eigenvalue weighted by molar-refractivity contribution is -0.153. The van der Waals surface area contributed by atoms with Gasteiger partial charge >= 0.3 is 0 Å². The van der Waals surface area contributed by atoms with Crippen LogP contribution in [-0.2, 0) is 27.3 Å². The SMILES string of the molecule is COc1c(CNCN2[C@@H](C)CC[C@@H]2C)cc(O)c2c1C[C@H]1C[C@H]3[C@H](N(C)C)C(=O)C(C(N)=O)=C(O)[C@@]3(O)C(=O)C1=C2O. The van der Waals surface area contributed by atoms with Crippen LogP contribution in [0.5, 0.6) is 11.5 Å². The zero-order chi connectivity index (χ0) is 30.8. The number of hydrogen-bond donors (Lipinski definition) is 6. The molecule has 2 fully saturated rings. The van der Waals surface area contributed by atoms with Gasteiger partial charge in [-0.15, -0.1) is 0 Å². The number of methoxy groups -OCH3 is 1. The van der Waals surface area contributed by atoms with Crippen LogP contribution in [0.1, 0.15) is 49.8 Å². The highest BCUT2D eigenvalue weighted by Gasteiger charge is 2.64. The molecule has 3 aliphatic carbocycles. The fraction of sp³-hybridized carbons (Fsp3) is 0.567. The number of nitrogens with two attached hydrogens (primary N) is 1. The quantitative estimate of drug-likeness (QED) is 0.250. The standard InChI is InChI=1S/C30H40N4O8/c1-13-6-7-14(2)34(13)12-32-11-16-10-19(35)21-17(26(16)42-5)8-15-9-18-23(33(3)4)25(37)22(29(31)40)28(39)30(18,41)27(38)20(15)24(21)36/h10,13-15,18,23,32,35-36,39,41H,6-9,11-12H2,1-5H3,(H2,31,40)/t13-,14-,15-,18-,23-,30-/m0/s1. The number of ketones is 2. The summed E-state index contributed by atoms with van der Waals surface area (Å²) in [5.74, 6) is -6.36. The van der Waals surface area contributed by atoms with E-state index in [0.29, 0.717) is 42.2 Å². The number of aliphatic hydroxyl groups excluding tert-OH is 2. The number of carbonyl (C=O) groups is 3. The van der Waals surface area contributed by atoms with Crippen LogP contribution < -0.4 is 15.8 Å². The molecular formula is C30H40N4O8. The van der Waals surface area contributed by atoms with E-state index in [-0.39, 0.29) is 29.7 Å². The molecule has 228 valence electrons. The van der Waals surface area contributed by atoms with Crippen molar-refractivity contribution in [2.45, 2.75) is 69.8 Å². The zero-order valence-corrected chi connectivity index (χ0v) is 24.6. The van der Waals surface area contributed by atoms with Gasteiger partial charge in [-0.2, -0.15) is 0 Å². The number of ether oxygens (including phenoxy) is 1. The van der Waals surface area contributed by atoms with E-state index in [2.05, 4.69) is 24.1 Å². The Kier molecular flexibility index (Phi) is 7.63. The summed E-state index contributed by atoms with van der Waals surface area (Å²) in [4.78, 5) is 43.2. The number of likely N-dealkylation sites (tertiary alicyclic amines) is 1. The van der Waals surface area contributed by atoms with Gasteiger partial charge < -0.3 is 36.2 Å². The topological polar surface area (TPSA) is 186 Å². The van der Waals surface area contributed by atoms with E-state index in [4.69, 9.17) is 10.5 Å². The molecule has 0 spiro atoms. The maximum Gasteiger partial charge on any atom is 0.255 e. The molecule has 1 aromatic carbocycles. The second-order valence-electron chi connectivity index (χ2n) is 12.3. The molecule has 0 bridgehead atoms. The Labute approximate surface area is 244 Å². The van der Waals surface area contributed by atoms with Crippen molar-refractivity contribution in [1.82, 2.24) is 15.1 Å². The first-order chi connectivity index (χ1) is 19.7.